The highest BCUT2D eigenvalue weighted by Crippen LogP contribution is 2.20. The van der Waals surface area contributed by atoms with Crippen LogP contribution in [0.4, 0.5) is 0 Å². The van der Waals surface area contributed by atoms with Crippen molar-refractivity contribution in [3.63, 3.8) is 0 Å². The van der Waals surface area contributed by atoms with E-state index < -0.39 is 24.1 Å². The monoisotopic (exact) mass is 303 g/mol. The predicted molar refractivity (Wildman–Crippen MR) is 75.0 cm³/mol. The van der Waals surface area contributed by atoms with Crippen LogP contribution in [0.25, 0.3) is 0 Å². The second-order valence-electron chi connectivity index (χ2n) is 5.54. The number of rotatable bonds is 9. The van der Waals surface area contributed by atoms with Crippen molar-refractivity contribution in [3.05, 3.63) is 0 Å². The Balaban J connectivity index is 3.99. The quantitative estimate of drug-likeness (QED) is 0.481. The van der Waals surface area contributed by atoms with Gasteiger partial charge in [0.15, 0.2) is 0 Å². The molecule has 0 aromatic rings. The first-order valence-electron chi connectivity index (χ1n) is 6.90. The molecule has 2 N–H and O–H groups in total. The van der Waals surface area contributed by atoms with Gasteiger partial charge in [-0.15, -0.1) is 0 Å². The predicted octanol–water partition coefficient (Wildman–Crippen LogP) is 0.744. The van der Waals surface area contributed by atoms with Crippen molar-refractivity contribution >= 4 is 17.8 Å². The molecule has 1 amide bonds. The Hall–Kier alpha value is -1.63. The summed E-state index contributed by atoms with van der Waals surface area (Å²) in [5, 5.41) is 11.7. The minimum Gasteiger partial charge on any atom is -0.428 e. The first-order chi connectivity index (χ1) is 9.69. The number of amides is 1. The summed E-state index contributed by atoms with van der Waals surface area (Å²) in [6.45, 7) is 6.05. The number of esters is 2. The van der Waals surface area contributed by atoms with E-state index in [1.54, 1.807) is 20.8 Å². The van der Waals surface area contributed by atoms with E-state index in [0.29, 0.717) is 12.8 Å². The Morgan fingerprint density at radius 2 is 1.86 bits per heavy atom. The van der Waals surface area contributed by atoms with Gasteiger partial charge < -0.3 is 19.9 Å². The fraction of sp³-hybridized carbons (Fsp3) is 0.786. The maximum absolute atomic E-state index is 12.0. The molecule has 0 saturated carbocycles. The molecular weight excluding hydrogens is 278 g/mol. The van der Waals surface area contributed by atoms with Gasteiger partial charge in [0, 0.05) is 31.4 Å². The smallest absolute Gasteiger partial charge is 0.308 e. The van der Waals surface area contributed by atoms with Gasteiger partial charge in [0.1, 0.15) is 0 Å². The molecule has 0 heterocycles. The summed E-state index contributed by atoms with van der Waals surface area (Å²) >= 11 is 0. The van der Waals surface area contributed by atoms with E-state index in [9.17, 15) is 14.4 Å². The Kier molecular flexibility index (Phi) is 8.61. The number of carbonyl (C=O) groups is 3. The normalized spacial score (nSPS) is 12.4. The zero-order valence-corrected chi connectivity index (χ0v) is 13.1. The van der Waals surface area contributed by atoms with Crippen LogP contribution in [-0.2, 0) is 23.9 Å². The molecule has 0 aliphatic heterocycles. The summed E-state index contributed by atoms with van der Waals surface area (Å²) in [6, 6.07) is -0.197. The lowest BCUT2D eigenvalue weighted by atomic mass is 9.88. The molecule has 1 unspecified atom stereocenters. The van der Waals surface area contributed by atoms with Gasteiger partial charge in [-0.25, -0.2) is 0 Å². The third-order valence-corrected chi connectivity index (χ3v) is 2.99. The minimum absolute atomic E-state index is 0.0583. The molecule has 0 aromatic heterocycles. The molecule has 0 radical (unpaired) electrons. The molecule has 0 saturated heterocycles. The third-order valence-electron chi connectivity index (χ3n) is 2.99. The molecule has 0 fully saturated rings. The van der Waals surface area contributed by atoms with E-state index in [0.717, 1.165) is 0 Å². The Morgan fingerprint density at radius 1 is 1.24 bits per heavy atom. The van der Waals surface area contributed by atoms with Crippen LogP contribution in [-0.4, -0.2) is 42.4 Å². The average Bonchev–Trinajstić information content (AvgIpc) is 2.35. The highest BCUT2D eigenvalue weighted by atomic mass is 16.7. The van der Waals surface area contributed by atoms with Gasteiger partial charge >= 0.3 is 11.9 Å². The molecule has 0 spiro atoms. The van der Waals surface area contributed by atoms with Crippen LogP contribution in [0.3, 0.4) is 0 Å². The first kappa shape index (κ1) is 19.4. The molecule has 1 atom stereocenters. The third kappa shape index (κ3) is 9.01. The zero-order valence-electron chi connectivity index (χ0n) is 13.1. The minimum atomic E-state index is -0.654. The maximum atomic E-state index is 12.0. The van der Waals surface area contributed by atoms with E-state index in [-0.39, 0.29) is 25.0 Å². The molecule has 7 heteroatoms. The fourth-order valence-electron chi connectivity index (χ4n) is 1.47. The highest BCUT2D eigenvalue weighted by Gasteiger charge is 2.27. The maximum Gasteiger partial charge on any atom is 0.308 e. The standard InChI is InChI=1S/C14H25NO6/c1-10(15-13(19)14(3,4)7-8-16)5-6-12(18)21-9-20-11(2)17/h10,16H,5-9H2,1-4H3,(H,15,19). The Labute approximate surface area is 125 Å². The summed E-state index contributed by atoms with van der Waals surface area (Å²) in [5.74, 6) is -1.18. The van der Waals surface area contributed by atoms with Crippen molar-refractivity contribution < 1.29 is 29.0 Å². The van der Waals surface area contributed by atoms with E-state index in [2.05, 4.69) is 14.8 Å². The number of aliphatic hydroxyl groups excluding tert-OH is 1. The van der Waals surface area contributed by atoms with Crippen molar-refractivity contribution in [2.45, 2.75) is 53.0 Å². The summed E-state index contributed by atoms with van der Waals surface area (Å²) in [4.78, 5) is 33.8. The molecule has 7 nitrogen and oxygen atoms in total. The lowest BCUT2D eigenvalue weighted by Gasteiger charge is -2.25. The molecule has 0 aromatic carbocycles. The Bertz CT molecular complexity index is 366. The van der Waals surface area contributed by atoms with Gasteiger partial charge in [-0.1, -0.05) is 13.8 Å². The second-order valence-corrected chi connectivity index (χ2v) is 5.54. The van der Waals surface area contributed by atoms with E-state index in [1.807, 2.05) is 0 Å². The molecule has 122 valence electrons. The SMILES string of the molecule is CC(=O)OCOC(=O)CCC(C)NC(=O)C(C)(C)CCO. The van der Waals surface area contributed by atoms with Crippen LogP contribution < -0.4 is 5.32 Å². The van der Waals surface area contributed by atoms with Gasteiger partial charge in [0.05, 0.1) is 0 Å². The second kappa shape index (κ2) is 9.33. The number of aliphatic hydroxyl groups is 1. The van der Waals surface area contributed by atoms with E-state index in [4.69, 9.17) is 5.11 Å². The van der Waals surface area contributed by atoms with Crippen molar-refractivity contribution in [3.8, 4) is 0 Å². The summed E-state index contributed by atoms with van der Waals surface area (Å²) in [7, 11) is 0. The van der Waals surface area contributed by atoms with Crippen LogP contribution >= 0.6 is 0 Å². The first-order valence-corrected chi connectivity index (χ1v) is 6.90. The molecule has 0 bridgehead atoms. The van der Waals surface area contributed by atoms with Crippen molar-refractivity contribution in [2.75, 3.05) is 13.4 Å². The van der Waals surface area contributed by atoms with E-state index in [1.165, 1.54) is 6.92 Å². The lowest BCUT2D eigenvalue weighted by Crippen LogP contribution is -2.42. The average molecular weight is 303 g/mol. The number of ether oxygens (including phenoxy) is 2. The molecule has 0 rings (SSSR count). The van der Waals surface area contributed by atoms with Gasteiger partial charge in [-0.05, 0) is 19.8 Å². The van der Waals surface area contributed by atoms with E-state index >= 15 is 0 Å². The summed E-state index contributed by atoms with van der Waals surface area (Å²) < 4.78 is 9.17. The van der Waals surface area contributed by atoms with Crippen molar-refractivity contribution in [1.29, 1.82) is 0 Å². The molecule has 0 aliphatic carbocycles. The van der Waals surface area contributed by atoms with Gasteiger partial charge in [-0.3, -0.25) is 14.4 Å². The lowest BCUT2D eigenvalue weighted by molar-refractivity contribution is -0.165. The van der Waals surface area contributed by atoms with Crippen LogP contribution in [0, 0.1) is 5.41 Å². The molecule has 0 aliphatic rings. The summed E-state index contributed by atoms with van der Waals surface area (Å²) in [6.07, 6.45) is 0.902. The van der Waals surface area contributed by atoms with Crippen LogP contribution in [0.5, 0.6) is 0 Å². The number of nitrogens with one attached hydrogen (secondary N) is 1. The van der Waals surface area contributed by atoms with Gasteiger partial charge in [0.25, 0.3) is 0 Å². The largest absolute Gasteiger partial charge is 0.428 e. The van der Waals surface area contributed by atoms with Crippen molar-refractivity contribution in [1.82, 2.24) is 5.32 Å². The summed E-state index contributed by atoms with van der Waals surface area (Å²) in [5.41, 5.74) is -0.654. The number of hydrogen-bond acceptors (Lipinski definition) is 6. The van der Waals surface area contributed by atoms with Crippen LogP contribution in [0.1, 0.15) is 47.0 Å². The topological polar surface area (TPSA) is 102 Å². The number of hydrogen-bond donors (Lipinski definition) is 2. The highest BCUT2D eigenvalue weighted by molar-refractivity contribution is 5.82. The zero-order chi connectivity index (χ0) is 16.5. The van der Waals surface area contributed by atoms with Crippen LogP contribution in [0.15, 0.2) is 0 Å². The fourth-order valence-corrected chi connectivity index (χ4v) is 1.47. The van der Waals surface area contributed by atoms with Crippen LogP contribution in [0.2, 0.25) is 0 Å². The Morgan fingerprint density at radius 3 is 2.38 bits per heavy atom. The van der Waals surface area contributed by atoms with Gasteiger partial charge in [0.2, 0.25) is 12.7 Å². The van der Waals surface area contributed by atoms with Gasteiger partial charge in [-0.2, -0.15) is 0 Å². The van der Waals surface area contributed by atoms with Crippen molar-refractivity contribution in [2.24, 2.45) is 5.41 Å². The number of carbonyl (C=O) groups excluding carboxylic acids is 3. The molecule has 21 heavy (non-hydrogen) atoms. The molecular formula is C14H25NO6.